The predicted octanol–water partition coefficient (Wildman–Crippen LogP) is 2.66. The minimum atomic E-state index is -1.16. The molecule has 7 nitrogen and oxygen atoms in total. The summed E-state index contributed by atoms with van der Waals surface area (Å²) >= 11 is 0. The van der Waals surface area contributed by atoms with E-state index in [1.807, 2.05) is 12.2 Å². The number of nitrogens with one attached hydrogen (secondary N) is 2. The summed E-state index contributed by atoms with van der Waals surface area (Å²) in [7, 11) is 0. The molecule has 2 bridgehead atoms. The number of allylic oxidation sites excluding steroid dienone is 8. The number of ketones is 1. The van der Waals surface area contributed by atoms with Crippen molar-refractivity contribution in [3.8, 4) is 0 Å². The first-order valence-corrected chi connectivity index (χ1v) is 12.3. The van der Waals surface area contributed by atoms with Crippen LogP contribution in [-0.2, 0) is 14.4 Å². The number of aliphatic hydroxyl groups excluding tert-OH is 2. The Morgan fingerprint density at radius 2 is 1.85 bits per heavy atom. The molecule has 2 fully saturated rings. The Labute approximate surface area is 200 Å². The highest BCUT2D eigenvalue weighted by molar-refractivity contribution is 6.27. The molecular formula is C27H34N2O5. The van der Waals surface area contributed by atoms with E-state index in [1.165, 1.54) is 6.08 Å². The molecule has 7 heteroatoms. The molecule has 0 aromatic rings. The largest absolute Gasteiger partial charge is 0.511 e. The van der Waals surface area contributed by atoms with Crippen LogP contribution in [0.1, 0.15) is 39.0 Å². The van der Waals surface area contributed by atoms with Crippen molar-refractivity contribution in [3.05, 3.63) is 59.9 Å². The van der Waals surface area contributed by atoms with Gasteiger partial charge in [0.05, 0.1) is 6.10 Å². The van der Waals surface area contributed by atoms with E-state index in [9.17, 15) is 24.6 Å². The molecule has 2 heterocycles. The highest BCUT2D eigenvalue weighted by atomic mass is 16.3. The van der Waals surface area contributed by atoms with Crippen molar-refractivity contribution >= 4 is 17.6 Å². The Morgan fingerprint density at radius 3 is 2.68 bits per heavy atom. The van der Waals surface area contributed by atoms with Crippen molar-refractivity contribution in [1.82, 2.24) is 10.6 Å². The summed E-state index contributed by atoms with van der Waals surface area (Å²) in [5.74, 6) is 0.830. The van der Waals surface area contributed by atoms with E-state index in [4.69, 9.17) is 0 Å². The summed E-state index contributed by atoms with van der Waals surface area (Å²) in [6.45, 7) is 2.42. The van der Waals surface area contributed by atoms with Gasteiger partial charge in [-0.25, -0.2) is 0 Å². The van der Waals surface area contributed by atoms with E-state index in [-0.39, 0.29) is 36.6 Å². The topological polar surface area (TPSA) is 116 Å². The molecule has 34 heavy (non-hydrogen) atoms. The second-order valence-electron chi connectivity index (χ2n) is 9.82. The van der Waals surface area contributed by atoms with E-state index in [0.29, 0.717) is 36.0 Å². The van der Waals surface area contributed by atoms with Crippen molar-refractivity contribution < 1.29 is 24.6 Å². The molecule has 182 valence electrons. The van der Waals surface area contributed by atoms with Crippen molar-refractivity contribution in [2.24, 2.45) is 29.6 Å². The van der Waals surface area contributed by atoms with Crippen molar-refractivity contribution in [2.45, 2.75) is 51.2 Å². The zero-order valence-corrected chi connectivity index (χ0v) is 19.5. The van der Waals surface area contributed by atoms with Crippen LogP contribution in [0.25, 0.3) is 0 Å². The van der Waals surface area contributed by atoms with Gasteiger partial charge in [0.25, 0.3) is 5.91 Å². The SMILES string of the molecule is C[C@H]1C=C[C@@H]2[C@H]3C/C=C\C=C/C(=O)NCC[C@H](O)[C@@H]4NC(=O)/C(=C(/O)CC/C=C\[C@@H]3C[C@@H]21)C4=O. The molecular weight excluding hydrogens is 432 g/mol. The fourth-order valence-electron chi connectivity index (χ4n) is 5.83. The number of Topliss-reactive ketones (excluding diaryl/α,β-unsaturated/α-hetero) is 1. The molecule has 0 radical (unpaired) electrons. The van der Waals surface area contributed by atoms with Gasteiger partial charge in [0.15, 0.2) is 5.78 Å². The van der Waals surface area contributed by atoms with Gasteiger partial charge in [-0.05, 0) is 55.3 Å². The second-order valence-corrected chi connectivity index (χ2v) is 9.82. The fourth-order valence-corrected chi connectivity index (χ4v) is 5.83. The van der Waals surface area contributed by atoms with E-state index in [1.54, 1.807) is 6.08 Å². The lowest BCUT2D eigenvalue weighted by molar-refractivity contribution is -0.118. The smallest absolute Gasteiger partial charge is 0.259 e. The highest BCUT2D eigenvalue weighted by Crippen LogP contribution is 2.51. The molecule has 2 aliphatic carbocycles. The lowest BCUT2D eigenvalue weighted by Gasteiger charge is -2.20. The lowest BCUT2D eigenvalue weighted by atomic mass is 9.85. The molecule has 0 unspecified atom stereocenters. The number of carbonyl (C=O) groups is 3. The first kappa shape index (κ1) is 24.2. The van der Waals surface area contributed by atoms with Crippen LogP contribution in [0.2, 0.25) is 0 Å². The van der Waals surface area contributed by atoms with Crippen LogP contribution in [0.15, 0.2) is 59.9 Å². The lowest BCUT2D eigenvalue weighted by Crippen LogP contribution is -2.42. The van der Waals surface area contributed by atoms with Gasteiger partial charge in [-0.3, -0.25) is 14.4 Å². The van der Waals surface area contributed by atoms with Gasteiger partial charge in [-0.15, -0.1) is 0 Å². The summed E-state index contributed by atoms with van der Waals surface area (Å²) in [4.78, 5) is 37.0. The highest BCUT2D eigenvalue weighted by Gasteiger charge is 2.44. The van der Waals surface area contributed by atoms with Gasteiger partial charge in [0.2, 0.25) is 5.91 Å². The number of fused-ring (bicyclic) bond motifs is 5. The quantitative estimate of drug-likeness (QED) is 0.324. The molecule has 0 aromatic carbocycles. The van der Waals surface area contributed by atoms with Crippen LogP contribution in [0.5, 0.6) is 0 Å². The number of aliphatic hydroxyl groups is 2. The van der Waals surface area contributed by atoms with Crippen molar-refractivity contribution in [1.29, 1.82) is 0 Å². The average molecular weight is 467 g/mol. The average Bonchev–Trinajstić information content (AvgIpc) is 3.43. The summed E-state index contributed by atoms with van der Waals surface area (Å²) in [6.07, 6.45) is 17.8. The van der Waals surface area contributed by atoms with Gasteiger partial charge in [0, 0.05) is 19.0 Å². The van der Waals surface area contributed by atoms with E-state index >= 15 is 0 Å². The van der Waals surface area contributed by atoms with Crippen LogP contribution in [0, 0.1) is 29.6 Å². The maximum Gasteiger partial charge on any atom is 0.259 e. The maximum atomic E-state index is 12.7. The molecule has 1 saturated carbocycles. The molecule has 2 aliphatic heterocycles. The second kappa shape index (κ2) is 10.6. The Hall–Kier alpha value is -2.93. The molecule has 4 rings (SSSR count). The molecule has 2 amide bonds. The normalized spacial score (nSPS) is 41.8. The number of carbonyl (C=O) groups excluding carboxylic acids is 3. The van der Waals surface area contributed by atoms with Gasteiger partial charge in [0.1, 0.15) is 17.4 Å². The monoisotopic (exact) mass is 466 g/mol. The summed E-state index contributed by atoms with van der Waals surface area (Å²) in [5.41, 5.74) is -0.267. The molecule has 0 spiro atoms. The minimum Gasteiger partial charge on any atom is -0.511 e. The fraction of sp³-hybridized carbons (Fsp3) is 0.519. The number of amides is 2. The Kier molecular flexibility index (Phi) is 7.51. The number of rotatable bonds is 0. The summed E-state index contributed by atoms with van der Waals surface area (Å²) < 4.78 is 0. The van der Waals surface area contributed by atoms with Gasteiger partial charge >= 0.3 is 0 Å². The predicted molar refractivity (Wildman–Crippen MR) is 128 cm³/mol. The van der Waals surface area contributed by atoms with Gasteiger partial charge in [-0.2, -0.15) is 0 Å². The Bertz CT molecular complexity index is 976. The summed E-state index contributed by atoms with van der Waals surface area (Å²) in [5, 5.41) is 26.0. The third-order valence-corrected chi connectivity index (χ3v) is 7.68. The van der Waals surface area contributed by atoms with Gasteiger partial charge in [-0.1, -0.05) is 49.5 Å². The van der Waals surface area contributed by atoms with Crippen LogP contribution < -0.4 is 10.6 Å². The van der Waals surface area contributed by atoms with Crippen molar-refractivity contribution in [3.63, 3.8) is 0 Å². The molecule has 7 atom stereocenters. The number of hydrogen-bond acceptors (Lipinski definition) is 5. The zero-order valence-electron chi connectivity index (χ0n) is 19.5. The maximum absolute atomic E-state index is 12.7. The molecule has 4 N–H and O–H groups in total. The molecule has 1 saturated heterocycles. The first-order chi connectivity index (χ1) is 16.4. The van der Waals surface area contributed by atoms with Gasteiger partial charge < -0.3 is 20.8 Å². The van der Waals surface area contributed by atoms with Crippen molar-refractivity contribution in [2.75, 3.05) is 6.54 Å². The third-order valence-electron chi connectivity index (χ3n) is 7.68. The Morgan fingerprint density at radius 1 is 1.03 bits per heavy atom. The Balaban J connectivity index is 1.53. The minimum absolute atomic E-state index is 0.0977. The van der Waals surface area contributed by atoms with Crippen LogP contribution in [-0.4, -0.2) is 46.5 Å². The van der Waals surface area contributed by atoms with Crippen LogP contribution in [0.4, 0.5) is 0 Å². The summed E-state index contributed by atoms with van der Waals surface area (Å²) in [6, 6.07) is -1.12. The van der Waals surface area contributed by atoms with Crippen LogP contribution in [0.3, 0.4) is 0 Å². The third kappa shape index (κ3) is 5.09. The molecule has 4 aliphatic rings. The standard InChI is InChI=1S/C27H34N2O5/c1-16-11-12-19-18-8-3-2-4-10-23(32)28-14-13-22(31)25-26(33)24(27(34)29-25)21(30)9-6-5-7-17(18)15-20(16)19/h2-5,7,10-12,16-20,22,25,30-31H,6,8-9,13-15H2,1H3,(H,28,32)(H,29,34)/b3-2-,7-5-,10-4-,24-21+/t16-,17+,18-,19+,20+,22-,25-/m0/s1. The van der Waals surface area contributed by atoms with E-state index < -0.39 is 23.8 Å². The zero-order chi connectivity index (χ0) is 24.2. The van der Waals surface area contributed by atoms with E-state index in [2.05, 4.69) is 41.9 Å². The van der Waals surface area contributed by atoms with Crippen LogP contribution >= 0.6 is 0 Å². The number of hydrogen-bond donors (Lipinski definition) is 4. The van der Waals surface area contributed by atoms with E-state index in [0.717, 1.165) is 12.8 Å². The first-order valence-electron chi connectivity index (χ1n) is 12.3. The molecule has 0 aromatic heterocycles.